The van der Waals surface area contributed by atoms with E-state index in [-0.39, 0.29) is 17.9 Å². The number of nitrogens with zero attached hydrogens (tertiary/aromatic N) is 1. The summed E-state index contributed by atoms with van der Waals surface area (Å²) in [6.07, 6.45) is -0.111. The molecule has 1 amide bonds. The number of aryl methyl sites for hydroxylation is 2. The summed E-state index contributed by atoms with van der Waals surface area (Å²) in [4.78, 5) is 11.7. The van der Waals surface area contributed by atoms with Gasteiger partial charge in [0.1, 0.15) is 5.76 Å². The highest BCUT2D eigenvalue weighted by atomic mass is 32.2. The largest absolute Gasteiger partial charge is 0.360 e. The van der Waals surface area contributed by atoms with Gasteiger partial charge in [0.2, 0.25) is 5.91 Å². The van der Waals surface area contributed by atoms with Gasteiger partial charge in [-0.1, -0.05) is 35.0 Å². The fraction of sp³-hybridized carbons (Fsp3) is 0.333. The zero-order valence-electron chi connectivity index (χ0n) is 12.5. The number of aromatic nitrogens is 1. The van der Waals surface area contributed by atoms with Crippen molar-refractivity contribution in [2.24, 2.45) is 0 Å². The van der Waals surface area contributed by atoms with E-state index in [1.807, 2.05) is 25.1 Å². The first-order valence-corrected chi connectivity index (χ1v) is 8.65. The molecule has 0 aliphatic heterocycles. The third kappa shape index (κ3) is 5.00. The van der Waals surface area contributed by atoms with Gasteiger partial charge in [0.25, 0.3) is 0 Å². The first kappa shape index (κ1) is 16.2. The molecule has 0 spiro atoms. The van der Waals surface area contributed by atoms with Crippen LogP contribution in [0.3, 0.4) is 0 Å². The summed E-state index contributed by atoms with van der Waals surface area (Å²) in [7, 11) is -3.34. The summed E-state index contributed by atoms with van der Waals surface area (Å²) in [6, 6.07) is 8.89. The van der Waals surface area contributed by atoms with Gasteiger partial charge in [0.15, 0.2) is 15.7 Å². The average Bonchev–Trinajstić information content (AvgIpc) is 2.81. The monoisotopic (exact) mass is 322 g/mol. The van der Waals surface area contributed by atoms with E-state index < -0.39 is 15.7 Å². The standard InChI is InChI=1S/C15H18N2O4S/c1-11-4-3-5-13(8-11)10-22(19,20)7-6-15(18)16-14-9-12(2)21-17-14/h3-5,8-9H,6-7,10H2,1-2H3,(H,16,17,18). The molecule has 0 bridgehead atoms. The first-order chi connectivity index (χ1) is 10.3. The Balaban J connectivity index is 1.88. The average molecular weight is 322 g/mol. The molecule has 2 aromatic rings. The first-order valence-electron chi connectivity index (χ1n) is 6.83. The van der Waals surface area contributed by atoms with Crippen molar-refractivity contribution >= 4 is 21.6 Å². The molecule has 0 atom stereocenters. The predicted molar refractivity (Wildman–Crippen MR) is 83.2 cm³/mol. The number of nitrogens with one attached hydrogen (secondary N) is 1. The molecule has 1 N–H and O–H groups in total. The van der Waals surface area contributed by atoms with Crippen LogP contribution in [-0.4, -0.2) is 25.2 Å². The molecule has 0 aliphatic rings. The summed E-state index contributed by atoms with van der Waals surface area (Å²) < 4.78 is 28.9. The minimum absolute atomic E-state index is 0.0645. The fourth-order valence-corrected chi connectivity index (χ4v) is 3.34. The van der Waals surface area contributed by atoms with Crippen LogP contribution in [0, 0.1) is 13.8 Å². The van der Waals surface area contributed by atoms with Crippen molar-refractivity contribution in [3.63, 3.8) is 0 Å². The Kier molecular flexibility index (Phi) is 4.97. The van der Waals surface area contributed by atoms with E-state index in [1.54, 1.807) is 19.1 Å². The van der Waals surface area contributed by atoms with Gasteiger partial charge in [-0.15, -0.1) is 0 Å². The van der Waals surface area contributed by atoms with Gasteiger partial charge in [-0.2, -0.15) is 0 Å². The number of hydrogen-bond acceptors (Lipinski definition) is 5. The van der Waals surface area contributed by atoms with E-state index in [1.165, 1.54) is 0 Å². The van der Waals surface area contributed by atoms with E-state index in [9.17, 15) is 13.2 Å². The second-order valence-electron chi connectivity index (χ2n) is 5.20. The quantitative estimate of drug-likeness (QED) is 0.881. The lowest BCUT2D eigenvalue weighted by atomic mass is 10.2. The number of hydrogen-bond donors (Lipinski definition) is 1. The van der Waals surface area contributed by atoms with Crippen LogP contribution in [-0.2, 0) is 20.4 Å². The smallest absolute Gasteiger partial charge is 0.226 e. The third-order valence-corrected chi connectivity index (χ3v) is 4.60. The number of anilines is 1. The number of carbonyl (C=O) groups excluding carboxylic acids is 1. The van der Waals surface area contributed by atoms with Crippen LogP contribution >= 0.6 is 0 Å². The summed E-state index contributed by atoms with van der Waals surface area (Å²) in [5.74, 6) is 0.191. The van der Waals surface area contributed by atoms with Crippen molar-refractivity contribution in [2.75, 3.05) is 11.1 Å². The maximum atomic E-state index is 12.1. The topological polar surface area (TPSA) is 89.3 Å². The van der Waals surface area contributed by atoms with Crippen molar-refractivity contribution in [3.8, 4) is 0 Å². The fourth-order valence-electron chi connectivity index (χ4n) is 2.01. The van der Waals surface area contributed by atoms with E-state index in [0.29, 0.717) is 11.6 Å². The number of carbonyl (C=O) groups is 1. The highest BCUT2D eigenvalue weighted by molar-refractivity contribution is 7.90. The van der Waals surface area contributed by atoms with Crippen LogP contribution in [0.15, 0.2) is 34.9 Å². The van der Waals surface area contributed by atoms with Gasteiger partial charge in [0.05, 0.1) is 11.5 Å². The molecule has 7 heteroatoms. The lowest BCUT2D eigenvalue weighted by molar-refractivity contribution is -0.115. The maximum Gasteiger partial charge on any atom is 0.226 e. The summed E-state index contributed by atoms with van der Waals surface area (Å²) in [5, 5.41) is 6.12. The molecule has 0 aliphatic carbocycles. The minimum atomic E-state index is -3.34. The SMILES string of the molecule is Cc1cccc(CS(=O)(=O)CCC(=O)Nc2cc(C)on2)c1. The number of rotatable bonds is 6. The van der Waals surface area contributed by atoms with E-state index >= 15 is 0 Å². The van der Waals surface area contributed by atoms with Crippen LogP contribution in [0.2, 0.25) is 0 Å². The number of benzene rings is 1. The van der Waals surface area contributed by atoms with Gasteiger partial charge < -0.3 is 9.84 Å². The van der Waals surface area contributed by atoms with Gasteiger partial charge in [0, 0.05) is 12.5 Å². The van der Waals surface area contributed by atoms with Gasteiger partial charge >= 0.3 is 0 Å². The minimum Gasteiger partial charge on any atom is -0.360 e. The van der Waals surface area contributed by atoms with Crippen LogP contribution in [0.1, 0.15) is 23.3 Å². The molecule has 0 saturated carbocycles. The van der Waals surface area contributed by atoms with Crippen molar-refractivity contribution in [1.82, 2.24) is 5.16 Å². The molecule has 1 aromatic carbocycles. The molecule has 118 valence electrons. The Morgan fingerprint density at radius 3 is 2.68 bits per heavy atom. The molecule has 0 unspecified atom stereocenters. The van der Waals surface area contributed by atoms with Crippen LogP contribution < -0.4 is 5.32 Å². The Labute approximate surface area is 129 Å². The van der Waals surface area contributed by atoms with E-state index in [4.69, 9.17) is 4.52 Å². The number of sulfone groups is 1. The second-order valence-corrected chi connectivity index (χ2v) is 7.39. The van der Waals surface area contributed by atoms with Crippen LogP contribution in [0.5, 0.6) is 0 Å². The summed E-state index contributed by atoms with van der Waals surface area (Å²) >= 11 is 0. The van der Waals surface area contributed by atoms with E-state index in [0.717, 1.165) is 11.1 Å². The van der Waals surface area contributed by atoms with Crippen molar-refractivity contribution in [2.45, 2.75) is 26.0 Å². The van der Waals surface area contributed by atoms with Crippen molar-refractivity contribution in [1.29, 1.82) is 0 Å². The normalized spacial score (nSPS) is 11.4. The van der Waals surface area contributed by atoms with Crippen LogP contribution in [0.4, 0.5) is 5.82 Å². The third-order valence-electron chi connectivity index (χ3n) is 3.00. The van der Waals surface area contributed by atoms with Gasteiger partial charge in [-0.25, -0.2) is 8.42 Å². The highest BCUT2D eigenvalue weighted by Gasteiger charge is 2.15. The second kappa shape index (κ2) is 6.74. The molecule has 2 rings (SSSR count). The molecule has 1 heterocycles. The summed E-state index contributed by atoms with van der Waals surface area (Å²) in [5.41, 5.74) is 1.74. The Hall–Kier alpha value is -2.15. The zero-order valence-corrected chi connectivity index (χ0v) is 13.3. The Morgan fingerprint density at radius 1 is 1.27 bits per heavy atom. The molecule has 6 nitrogen and oxygen atoms in total. The van der Waals surface area contributed by atoms with Crippen molar-refractivity contribution in [3.05, 3.63) is 47.2 Å². The molecular weight excluding hydrogens is 304 g/mol. The van der Waals surface area contributed by atoms with Gasteiger partial charge in [-0.05, 0) is 19.4 Å². The maximum absolute atomic E-state index is 12.1. The predicted octanol–water partition coefficient (Wildman–Crippen LogP) is 2.24. The van der Waals surface area contributed by atoms with Crippen LogP contribution in [0.25, 0.3) is 0 Å². The lowest BCUT2D eigenvalue weighted by Gasteiger charge is -2.05. The molecule has 0 fully saturated rings. The van der Waals surface area contributed by atoms with Crippen molar-refractivity contribution < 1.29 is 17.7 Å². The highest BCUT2D eigenvalue weighted by Crippen LogP contribution is 2.11. The Bertz CT molecular complexity index is 765. The number of amides is 1. The Morgan fingerprint density at radius 2 is 2.05 bits per heavy atom. The lowest BCUT2D eigenvalue weighted by Crippen LogP contribution is -2.18. The molecule has 0 radical (unpaired) electrons. The zero-order chi connectivity index (χ0) is 16.2. The van der Waals surface area contributed by atoms with Gasteiger partial charge in [-0.3, -0.25) is 4.79 Å². The molecule has 1 aromatic heterocycles. The summed E-state index contributed by atoms with van der Waals surface area (Å²) in [6.45, 7) is 3.61. The molecular formula is C15H18N2O4S. The molecule has 0 saturated heterocycles. The van der Waals surface area contributed by atoms with E-state index in [2.05, 4.69) is 10.5 Å². The molecule has 22 heavy (non-hydrogen) atoms.